The minimum absolute atomic E-state index is 0.144. The van der Waals surface area contributed by atoms with E-state index in [4.69, 9.17) is 32.6 Å². The fraction of sp³-hybridized carbons (Fsp3) is 0. The molecule has 1 rings (SSSR count). The average molecular weight is 302 g/mol. The summed E-state index contributed by atoms with van der Waals surface area (Å²) < 4.78 is 30.9. The van der Waals surface area contributed by atoms with E-state index in [1.165, 1.54) is 12.1 Å². The third-order valence-electron chi connectivity index (χ3n) is 1.87. The van der Waals surface area contributed by atoms with Crippen LogP contribution < -0.4 is 11.2 Å². The molecule has 0 atom stereocenters. The number of hydrogen-bond acceptors (Lipinski definition) is 6. The van der Waals surface area contributed by atoms with Gasteiger partial charge in [-0.1, -0.05) is 11.6 Å². The standard InChI is InChI=1S/C9H8ClN5O3S/c10-6-2-1-5(3-8(6)19(16,17)18)14-15-7(4-11)9(12)13/h1-3,14H,(H3,12,13)(H,16,17,18)/b15-7+. The van der Waals surface area contributed by atoms with Crippen LogP contribution in [0.5, 0.6) is 0 Å². The van der Waals surface area contributed by atoms with Crippen molar-refractivity contribution in [2.24, 2.45) is 10.8 Å². The largest absolute Gasteiger partial charge is 0.382 e. The molecule has 5 N–H and O–H groups in total. The highest BCUT2D eigenvalue weighted by molar-refractivity contribution is 7.86. The van der Waals surface area contributed by atoms with Gasteiger partial charge in [-0.05, 0) is 18.2 Å². The smallest absolute Gasteiger partial charge is 0.296 e. The van der Waals surface area contributed by atoms with Crippen molar-refractivity contribution in [3.63, 3.8) is 0 Å². The minimum Gasteiger partial charge on any atom is -0.382 e. The van der Waals surface area contributed by atoms with Crippen molar-refractivity contribution in [1.82, 2.24) is 0 Å². The monoisotopic (exact) mass is 301 g/mol. The molecule has 0 spiro atoms. The van der Waals surface area contributed by atoms with Gasteiger partial charge in [0.2, 0.25) is 5.71 Å². The maximum absolute atomic E-state index is 11.0. The molecule has 0 fully saturated rings. The molecule has 0 amide bonds. The Balaban J connectivity index is 3.13. The normalized spacial score (nSPS) is 11.7. The second kappa shape index (κ2) is 5.66. The first kappa shape index (κ1) is 14.9. The van der Waals surface area contributed by atoms with Gasteiger partial charge in [-0.3, -0.25) is 15.4 Å². The Bertz CT molecular complexity index is 692. The highest BCUT2D eigenvalue weighted by atomic mass is 35.5. The fourth-order valence-electron chi connectivity index (χ4n) is 1.04. The number of nitriles is 1. The van der Waals surface area contributed by atoms with E-state index in [1.54, 1.807) is 6.07 Å². The molecule has 0 radical (unpaired) electrons. The van der Waals surface area contributed by atoms with Gasteiger partial charge in [-0.25, -0.2) is 0 Å². The van der Waals surface area contributed by atoms with Crippen LogP contribution in [0.4, 0.5) is 5.69 Å². The summed E-state index contributed by atoms with van der Waals surface area (Å²) in [5, 5.41) is 19.0. The van der Waals surface area contributed by atoms with Gasteiger partial charge in [0.25, 0.3) is 10.1 Å². The number of amidine groups is 1. The van der Waals surface area contributed by atoms with Crippen LogP contribution in [-0.4, -0.2) is 24.5 Å². The summed E-state index contributed by atoms with van der Waals surface area (Å²) in [6, 6.07) is 5.19. The van der Waals surface area contributed by atoms with Gasteiger partial charge < -0.3 is 5.73 Å². The van der Waals surface area contributed by atoms with E-state index in [0.717, 1.165) is 6.07 Å². The SMILES string of the molecule is N#C/C(=N\Nc1ccc(Cl)c(S(=O)(=O)O)c1)C(=N)N. The first-order valence-electron chi connectivity index (χ1n) is 4.61. The Morgan fingerprint density at radius 1 is 1.58 bits per heavy atom. The summed E-state index contributed by atoms with van der Waals surface area (Å²) in [7, 11) is -4.47. The van der Waals surface area contributed by atoms with Crippen LogP contribution in [0.1, 0.15) is 0 Å². The second-order valence-corrected chi connectivity index (χ2v) is 5.02. The van der Waals surface area contributed by atoms with Gasteiger partial charge in [-0.15, -0.1) is 0 Å². The molecular formula is C9H8ClN5O3S. The van der Waals surface area contributed by atoms with Crippen LogP contribution in [0.2, 0.25) is 5.02 Å². The molecule has 0 aliphatic carbocycles. The summed E-state index contributed by atoms with van der Waals surface area (Å²) in [6.07, 6.45) is 0. The summed E-state index contributed by atoms with van der Waals surface area (Å²) in [5.41, 5.74) is 7.17. The molecule has 0 unspecified atom stereocenters. The molecule has 10 heteroatoms. The molecule has 8 nitrogen and oxygen atoms in total. The predicted octanol–water partition coefficient (Wildman–Crippen LogP) is 0.814. The average Bonchev–Trinajstić information content (AvgIpc) is 2.30. The molecule has 0 bridgehead atoms. The lowest BCUT2D eigenvalue weighted by atomic mass is 10.3. The molecule has 100 valence electrons. The van der Waals surface area contributed by atoms with E-state index in [9.17, 15) is 8.42 Å². The van der Waals surface area contributed by atoms with E-state index < -0.39 is 20.8 Å². The molecule has 0 aromatic heterocycles. The number of hydrazone groups is 1. The molecule has 0 aliphatic heterocycles. The lowest BCUT2D eigenvalue weighted by Crippen LogP contribution is -2.21. The van der Waals surface area contributed by atoms with Crippen molar-refractivity contribution in [3.05, 3.63) is 23.2 Å². The fourth-order valence-corrected chi connectivity index (χ4v) is 2.04. The zero-order valence-electron chi connectivity index (χ0n) is 9.25. The van der Waals surface area contributed by atoms with Crippen LogP contribution >= 0.6 is 11.6 Å². The minimum atomic E-state index is -4.47. The molecular weight excluding hydrogens is 294 g/mol. The van der Waals surface area contributed by atoms with Gasteiger partial charge in [-0.2, -0.15) is 18.8 Å². The van der Waals surface area contributed by atoms with Crippen LogP contribution in [0.25, 0.3) is 0 Å². The van der Waals surface area contributed by atoms with Crippen LogP contribution in [0, 0.1) is 16.7 Å². The maximum atomic E-state index is 11.0. The van der Waals surface area contributed by atoms with Crippen molar-refractivity contribution in [2.45, 2.75) is 4.90 Å². The molecule has 1 aromatic carbocycles. The third-order valence-corrected chi connectivity index (χ3v) is 3.20. The highest BCUT2D eigenvalue weighted by Gasteiger charge is 2.15. The zero-order chi connectivity index (χ0) is 14.6. The van der Waals surface area contributed by atoms with E-state index in [-0.39, 0.29) is 16.4 Å². The molecule has 19 heavy (non-hydrogen) atoms. The van der Waals surface area contributed by atoms with E-state index in [2.05, 4.69) is 10.5 Å². The molecule has 0 aliphatic rings. The van der Waals surface area contributed by atoms with Gasteiger partial charge in [0.05, 0.1) is 10.7 Å². The van der Waals surface area contributed by atoms with E-state index >= 15 is 0 Å². The Morgan fingerprint density at radius 3 is 2.68 bits per heavy atom. The van der Waals surface area contributed by atoms with Crippen molar-refractivity contribution in [1.29, 1.82) is 10.7 Å². The van der Waals surface area contributed by atoms with Crippen LogP contribution in [0.15, 0.2) is 28.2 Å². The quantitative estimate of drug-likeness (QED) is 0.279. The number of benzene rings is 1. The number of anilines is 1. The topological polar surface area (TPSA) is 152 Å². The van der Waals surface area contributed by atoms with Crippen molar-refractivity contribution >= 4 is 39.0 Å². The number of nitrogens with zero attached hydrogens (tertiary/aromatic N) is 2. The van der Waals surface area contributed by atoms with Crippen molar-refractivity contribution < 1.29 is 13.0 Å². The summed E-state index contributed by atoms with van der Waals surface area (Å²) in [5.74, 6) is -0.543. The van der Waals surface area contributed by atoms with Gasteiger partial charge in [0.1, 0.15) is 11.0 Å². The lowest BCUT2D eigenvalue weighted by Gasteiger charge is -2.05. The summed E-state index contributed by atoms with van der Waals surface area (Å²) in [6.45, 7) is 0. The number of nitrogens with one attached hydrogen (secondary N) is 2. The maximum Gasteiger partial charge on any atom is 0.296 e. The van der Waals surface area contributed by atoms with E-state index in [0.29, 0.717) is 0 Å². The molecule has 0 saturated heterocycles. The van der Waals surface area contributed by atoms with Crippen molar-refractivity contribution in [2.75, 3.05) is 5.43 Å². The number of nitrogens with two attached hydrogens (primary N) is 1. The Kier molecular flexibility index (Phi) is 4.44. The van der Waals surface area contributed by atoms with Crippen LogP contribution in [-0.2, 0) is 10.1 Å². The lowest BCUT2D eigenvalue weighted by molar-refractivity contribution is 0.483. The van der Waals surface area contributed by atoms with Gasteiger partial charge in [0.15, 0.2) is 5.84 Å². The number of rotatable bonds is 4. The Hall–Kier alpha value is -2.15. The second-order valence-electron chi connectivity index (χ2n) is 3.22. The highest BCUT2D eigenvalue weighted by Crippen LogP contribution is 2.24. The first-order chi connectivity index (χ1) is 8.75. The first-order valence-corrected chi connectivity index (χ1v) is 6.42. The van der Waals surface area contributed by atoms with Crippen LogP contribution in [0.3, 0.4) is 0 Å². The van der Waals surface area contributed by atoms with E-state index in [1.807, 2.05) is 0 Å². The third kappa shape index (κ3) is 3.92. The molecule has 0 saturated carbocycles. The Morgan fingerprint density at radius 2 is 2.21 bits per heavy atom. The Labute approximate surface area is 113 Å². The van der Waals surface area contributed by atoms with Gasteiger partial charge in [0, 0.05) is 0 Å². The molecule has 1 aromatic rings. The van der Waals surface area contributed by atoms with Crippen molar-refractivity contribution in [3.8, 4) is 6.07 Å². The number of hydrogen-bond donors (Lipinski definition) is 4. The zero-order valence-corrected chi connectivity index (χ0v) is 10.8. The number of halogens is 1. The molecule has 0 heterocycles. The van der Waals surface area contributed by atoms with Gasteiger partial charge >= 0.3 is 0 Å². The summed E-state index contributed by atoms with van der Waals surface area (Å²) in [4.78, 5) is -0.504. The predicted molar refractivity (Wildman–Crippen MR) is 69.9 cm³/mol. The summed E-state index contributed by atoms with van der Waals surface area (Å²) >= 11 is 5.61.